The van der Waals surface area contributed by atoms with Crippen molar-refractivity contribution in [3.8, 4) is 5.75 Å². The van der Waals surface area contributed by atoms with Crippen molar-refractivity contribution < 1.29 is 14.4 Å². The van der Waals surface area contributed by atoms with E-state index in [0.717, 1.165) is 0 Å². The Bertz CT molecular complexity index is 503. The Morgan fingerprint density at radius 3 is 2.53 bits per heavy atom. The summed E-state index contributed by atoms with van der Waals surface area (Å²) < 4.78 is 10.8. The molecule has 0 unspecified atom stereocenters. The van der Waals surface area contributed by atoms with E-state index in [1.54, 1.807) is 12.2 Å². The van der Waals surface area contributed by atoms with Gasteiger partial charge in [-0.25, -0.2) is 0 Å². The van der Waals surface area contributed by atoms with Crippen LogP contribution in [0.1, 0.15) is 6.92 Å². The molecular formula is C14H15NO4. The van der Waals surface area contributed by atoms with Gasteiger partial charge < -0.3 is 9.47 Å². The minimum atomic E-state index is -0.469. The highest BCUT2D eigenvalue weighted by Crippen LogP contribution is 2.21. The summed E-state index contributed by atoms with van der Waals surface area (Å²) in [5, 5.41) is 10.5. The molecule has 0 atom stereocenters. The first-order valence-electron chi connectivity index (χ1n) is 5.65. The van der Waals surface area contributed by atoms with E-state index in [-0.39, 0.29) is 5.69 Å². The molecule has 1 rings (SSSR count). The van der Waals surface area contributed by atoms with Gasteiger partial charge in [0.2, 0.25) is 0 Å². The van der Waals surface area contributed by atoms with Crippen molar-refractivity contribution in [1.82, 2.24) is 0 Å². The van der Waals surface area contributed by atoms with Crippen molar-refractivity contribution >= 4 is 5.69 Å². The first-order chi connectivity index (χ1) is 9.08. The highest BCUT2D eigenvalue weighted by Gasteiger charge is 2.08. The number of rotatable bonds is 7. The second-order valence-corrected chi connectivity index (χ2v) is 3.48. The third-order valence-electron chi connectivity index (χ3n) is 2.14. The van der Waals surface area contributed by atoms with Crippen LogP contribution in [0.3, 0.4) is 0 Å². The van der Waals surface area contributed by atoms with Crippen molar-refractivity contribution in [2.75, 3.05) is 6.61 Å². The molecule has 0 aliphatic rings. The Kier molecular flexibility index (Phi) is 5.35. The molecule has 0 aromatic heterocycles. The van der Waals surface area contributed by atoms with E-state index in [1.165, 1.54) is 24.3 Å². The zero-order valence-corrected chi connectivity index (χ0v) is 10.7. The van der Waals surface area contributed by atoms with Crippen LogP contribution >= 0.6 is 0 Å². The summed E-state index contributed by atoms with van der Waals surface area (Å²) in [6.45, 7) is 9.62. The molecule has 5 heteroatoms. The average molecular weight is 261 g/mol. The van der Waals surface area contributed by atoms with Crippen molar-refractivity contribution in [2.24, 2.45) is 0 Å². The van der Waals surface area contributed by atoms with Crippen molar-refractivity contribution in [3.05, 3.63) is 71.2 Å². The van der Waals surface area contributed by atoms with Gasteiger partial charge in [-0.05, 0) is 25.1 Å². The molecule has 100 valence electrons. The molecule has 0 bridgehead atoms. The first kappa shape index (κ1) is 14.5. The van der Waals surface area contributed by atoms with E-state index in [9.17, 15) is 10.1 Å². The second-order valence-electron chi connectivity index (χ2n) is 3.48. The minimum absolute atomic E-state index is 0.00485. The fourth-order valence-corrected chi connectivity index (χ4v) is 1.30. The van der Waals surface area contributed by atoms with Crippen molar-refractivity contribution in [3.63, 3.8) is 0 Å². The zero-order valence-electron chi connectivity index (χ0n) is 10.7. The Hall–Kier alpha value is -2.56. The summed E-state index contributed by atoms with van der Waals surface area (Å²) in [6.07, 6.45) is 3.16. The number of non-ortho nitro benzene ring substituents is 1. The van der Waals surface area contributed by atoms with Gasteiger partial charge in [0.15, 0.2) is 11.5 Å². The minimum Gasteiger partial charge on any atom is -0.491 e. The van der Waals surface area contributed by atoms with Crippen molar-refractivity contribution in [2.45, 2.75) is 6.92 Å². The van der Waals surface area contributed by atoms with Crippen LogP contribution < -0.4 is 4.74 Å². The number of benzene rings is 1. The number of nitro groups is 1. The van der Waals surface area contributed by atoms with Crippen LogP contribution in [0.4, 0.5) is 5.69 Å². The van der Waals surface area contributed by atoms with Gasteiger partial charge in [0.1, 0.15) is 5.75 Å². The number of hydrogen-bond acceptors (Lipinski definition) is 4. The Morgan fingerprint density at radius 1 is 1.42 bits per heavy atom. The van der Waals surface area contributed by atoms with Crippen LogP contribution in [0.25, 0.3) is 0 Å². The van der Waals surface area contributed by atoms with E-state index in [1.807, 2.05) is 6.92 Å². The molecule has 1 aromatic rings. The monoisotopic (exact) mass is 261 g/mol. The molecule has 0 fully saturated rings. The second kappa shape index (κ2) is 7.00. The highest BCUT2D eigenvalue weighted by atomic mass is 16.6. The van der Waals surface area contributed by atoms with Gasteiger partial charge in [-0.1, -0.05) is 19.2 Å². The molecule has 0 saturated heterocycles. The Labute approximate surface area is 111 Å². The normalized spacial score (nSPS) is 10.7. The van der Waals surface area contributed by atoms with E-state index < -0.39 is 4.92 Å². The average Bonchev–Trinajstić information content (AvgIpc) is 2.39. The third kappa shape index (κ3) is 4.31. The quantitative estimate of drug-likeness (QED) is 0.325. The number of ether oxygens (including phenoxy) is 2. The Morgan fingerprint density at radius 2 is 2.05 bits per heavy atom. The summed E-state index contributed by atoms with van der Waals surface area (Å²) in [5.41, 5.74) is 0.00485. The molecule has 0 heterocycles. The largest absolute Gasteiger partial charge is 0.491 e. The van der Waals surface area contributed by atoms with Crippen LogP contribution in [0.2, 0.25) is 0 Å². The predicted octanol–water partition coefficient (Wildman–Crippen LogP) is 3.59. The summed E-state index contributed by atoms with van der Waals surface area (Å²) in [6, 6.07) is 5.75. The van der Waals surface area contributed by atoms with Crippen LogP contribution in [0.15, 0.2) is 61.1 Å². The van der Waals surface area contributed by atoms with E-state index in [0.29, 0.717) is 23.9 Å². The topological polar surface area (TPSA) is 61.6 Å². The van der Waals surface area contributed by atoms with E-state index >= 15 is 0 Å². The zero-order chi connectivity index (χ0) is 14.3. The summed E-state index contributed by atoms with van der Waals surface area (Å²) in [4.78, 5) is 10.1. The van der Waals surface area contributed by atoms with Crippen LogP contribution in [-0.2, 0) is 4.74 Å². The maximum absolute atomic E-state index is 10.5. The highest BCUT2D eigenvalue weighted by molar-refractivity contribution is 5.38. The van der Waals surface area contributed by atoms with Gasteiger partial charge in [-0.3, -0.25) is 10.1 Å². The molecule has 1 aromatic carbocycles. The molecule has 0 amide bonds. The van der Waals surface area contributed by atoms with Crippen molar-refractivity contribution in [1.29, 1.82) is 0 Å². The molecule has 0 spiro atoms. The lowest BCUT2D eigenvalue weighted by molar-refractivity contribution is -0.384. The van der Waals surface area contributed by atoms with E-state index in [4.69, 9.17) is 9.47 Å². The lowest BCUT2D eigenvalue weighted by Gasteiger charge is -2.12. The van der Waals surface area contributed by atoms with Crippen LogP contribution in [0.5, 0.6) is 5.75 Å². The van der Waals surface area contributed by atoms with Gasteiger partial charge in [0.05, 0.1) is 11.5 Å². The molecule has 0 saturated carbocycles. The number of nitro benzene ring substituents is 1. The molecule has 5 nitrogen and oxygen atoms in total. The molecule has 0 N–H and O–H groups in total. The summed E-state index contributed by atoms with van der Waals surface area (Å²) in [7, 11) is 0. The third-order valence-corrected chi connectivity index (χ3v) is 2.14. The Balaban J connectivity index is 2.85. The summed E-state index contributed by atoms with van der Waals surface area (Å²) >= 11 is 0. The number of nitrogens with zero attached hydrogens (tertiary/aromatic N) is 1. The molecule has 19 heavy (non-hydrogen) atoms. The summed E-state index contributed by atoms with van der Waals surface area (Å²) in [5.74, 6) is 1.24. The molecular weight excluding hydrogens is 246 g/mol. The maximum atomic E-state index is 10.5. The molecule has 0 radical (unpaired) electrons. The molecule has 0 aliphatic carbocycles. The van der Waals surface area contributed by atoms with E-state index in [2.05, 4.69) is 13.2 Å². The number of hydrogen-bond donors (Lipinski definition) is 0. The van der Waals surface area contributed by atoms with Gasteiger partial charge >= 0.3 is 0 Å². The smallest absolute Gasteiger partial charge is 0.269 e. The lowest BCUT2D eigenvalue weighted by atomic mass is 10.3. The standard InChI is InChI=1S/C14H15NO4/c1-4-6-14(11(3)18-5-2)19-13-9-7-12(8-10-13)15(16)17/h4,6-10H,1,3,5H2,2H3/b14-6+. The van der Waals surface area contributed by atoms with Crippen LogP contribution in [0, 0.1) is 10.1 Å². The van der Waals surface area contributed by atoms with Gasteiger partial charge in [0.25, 0.3) is 5.69 Å². The fourth-order valence-electron chi connectivity index (χ4n) is 1.30. The van der Waals surface area contributed by atoms with Gasteiger partial charge in [0, 0.05) is 12.1 Å². The predicted molar refractivity (Wildman–Crippen MR) is 72.8 cm³/mol. The van der Waals surface area contributed by atoms with Gasteiger partial charge in [-0.15, -0.1) is 0 Å². The SMILES string of the molecule is C=C/C=C(/Oc1ccc([N+](=O)[O-])cc1)C(=C)OCC. The maximum Gasteiger partial charge on any atom is 0.269 e. The number of allylic oxidation sites excluding steroid dienone is 2. The fraction of sp³-hybridized carbons (Fsp3) is 0.143. The first-order valence-corrected chi connectivity index (χ1v) is 5.65. The molecule has 0 aliphatic heterocycles. The van der Waals surface area contributed by atoms with Crippen LogP contribution in [-0.4, -0.2) is 11.5 Å². The van der Waals surface area contributed by atoms with Gasteiger partial charge in [-0.2, -0.15) is 0 Å². The lowest BCUT2D eigenvalue weighted by Crippen LogP contribution is -2.02.